The molecule has 0 radical (unpaired) electrons. The zero-order valence-electron chi connectivity index (χ0n) is 19.5. The number of allylic oxidation sites excluding steroid dienone is 1. The number of hydrogen-bond acceptors (Lipinski definition) is 4. The molecule has 0 spiro atoms. The Kier molecular flexibility index (Phi) is 6.23. The van der Waals surface area contributed by atoms with Gasteiger partial charge in [-0.3, -0.25) is 14.5 Å². The van der Waals surface area contributed by atoms with Crippen molar-refractivity contribution in [2.45, 2.75) is 46.6 Å². The molecule has 2 aromatic rings. The summed E-state index contributed by atoms with van der Waals surface area (Å²) in [6.07, 6.45) is 1.04. The molecule has 1 amide bonds. The Bertz CT molecular complexity index is 1170. The zero-order chi connectivity index (χ0) is 24.1. The van der Waals surface area contributed by atoms with E-state index in [2.05, 4.69) is 19.2 Å². The average molecular weight is 487 g/mol. The van der Waals surface area contributed by atoms with E-state index in [9.17, 15) is 9.59 Å². The Morgan fingerprint density at radius 1 is 1.18 bits per heavy atom. The number of methoxy groups -OCH3 is 1. The Morgan fingerprint density at radius 3 is 2.55 bits per heavy atom. The lowest BCUT2D eigenvalue weighted by Gasteiger charge is -2.38. The van der Waals surface area contributed by atoms with E-state index in [4.69, 9.17) is 27.9 Å². The van der Waals surface area contributed by atoms with Crippen LogP contribution in [-0.4, -0.2) is 18.8 Å². The molecule has 0 saturated heterocycles. The number of nitrogens with zero attached hydrogens (tertiary/aromatic N) is 1. The molecule has 0 fully saturated rings. The fourth-order valence-corrected chi connectivity index (χ4v) is 5.39. The highest BCUT2D eigenvalue weighted by Crippen LogP contribution is 2.51. The van der Waals surface area contributed by atoms with Crippen molar-refractivity contribution in [2.24, 2.45) is 11.3 Å². The van der Waals surface area contributed by atoms with Crippen LogP contribution >= 0.6 is 23.2 Å². The Balaban J connectivity index is 2.10. The SMILES string of the molecule is COc1c(Cl)cc(Cl)cc1[C@H]1C2=C(CC(C)(C)CC2=O)Nc2ccccc2N1C(=O)C(C)C. The Labute approximate surface area is 204 Å². The van der Waals surface area contributed by atoms with Gasteiger partial charge in [0.1, 0.15) is 5.75 Å². The van der Waals surface area contributed by atoms with Gasteiger partial charge in [0.15, 0.2) is 5.78 Å². The maximum atomic E-state index is 13.7. The Morgan fingerprint density at radius 2 is 1.88 bits per heavy atom. The number of fused-ring (bicyclic) bond motifs is 1. The van der Waals surface area contributed by atoms with E-state index in [1.54, 1.807) is 17.0 Å². The molecule has 174 valence electrons. The van der Waals surface area contributed by atoms with Gasteiger partial charge in [-0.05, 0) is 36.1 Å². The van der Waals surface area contributed by atoms with E-state index in [-0.39, 0.29) is 23.0 Å². The maximum absolute atomic E-state index is 13.7. The Hall–Kier alpha value is -2.50. The van der Waals surface area contributed by atoms with Crippen molar-refractivity contribution < 1.29 is 14.3 Å². The van der Waals surface area contributed by atoms with Crippen LogP contribution in [0.2, 0.25) is 10.0 Å². The fourth-order valence-electron chi connectivity index (χ4n) is 4.80. The highest BCUT2D eigenvalue weighted by Gasteiger charge is 2.44. The van der Waals surface area contributed by atoms with E-state index < -0.39 is 6.04 Å². The topological polar surface area (TPSA) is 58.6 Å². The van der Waals surface area contributed by atoms with E-state index in [0.717, 1.165) is 11.4 Å². The third-order valence-electron chi connectivity index (χ3n) is 6.17. The van der Waals surface area contributed by atoms with Crippen LogP contribution in [0.4, 0.5) is 11.4 Å². The van der Waals surface area contributed by atoms with Gasteiger partial charge in [-0.1, -0.05) is 63.0 Å². The molecule has 2 aromatic carbocycles. The van der Waals surface area contributed by atoms with Crippen LogP contribution in [0.3, 0.4) is 0 Å². The number of carbonyl (C=O) groups excluding carboxylic acids is 2. The summed E-state index contributed by atoms with van der Waals surface area (Å²) in [6, 6.07) is 10.2. The first-order chi connectivity index (χ1) is 15.5. The highest BCUT2D eigenvalue weighted by atomic mass is 35.5. The minimum Gasteiger partial charge on any atom is -0.495 e. The number of Topliss-reactive ketones (excluding diaryl/α,β-unsaturated/α-hetero) is 1. The molecule has 33 heavy (non-hydrogen) atoms. The highest BCUT2D eigenvalue weighted by molar-refractivity contribution is 6.35. The van der Waals surface area contributed by atoms with Crippen molar-refractivity contribution >= 4 is 46.3 Å². The second kappa shape index (κ2) is 8.69. The van der Waals surface area contributed by atoms with Gasteiger partial charge in [0, 0.05) is 34.2 Å². The van der Waals surface area contributed by atoms with Gasteiger partial charge in [0.2, 0.25) is 5.91 Å². The normalized spacial score (nSPS) is 19.6. The number of carbonyl (C=O) groups is 2. The number of nitrogens with one attached hydrogen (secondary N) is 1. The monoisotopic (exact) mass is 486 g/mol. The summed E-state index contributed by atoms with van der Waals surface area (Å²) >= 11 is 12.9. The van der Waals surface area contributed by atoms with E-state index in [1.165, 1.54) is 7.11 Å². The summed E-state index contributed by atoms with van der Waals surface area (Å²) < 4.78 is 5.67. The van der Waals surface area contributed by atoms with Crippen molar-refractivity contribution in [3.8, 4) is 5.75 Å². The van der Waals surface area contributed by atoms with Crippen LogP contribution in [0.15, 0.2) is 47.7 Å². The molecule has 1 heterocycles. The van der Waals surface area contributed by atoms with Crippen LogP contribution in [0.1, 0.15) is 52.1 Å². The molecule has 7 heteroatoms. The first-order valence-electron chi connectivity index (χ1n) is 11.0. The third-order valence-corrected chi connectivity index (χ3v) is 6.67. The number of hydrogen-bond donors (Lipinski definition) is 1. The number of rotatable bonds is 3. The number of ketones is 1. The quantitative estimate of drug-likeness (QED) is 0.517. The zero-order valence-corrected chi connectivity index (χ0v) is 21.0. The lowest BCUT2D eigenvalue weighted by Crippen LogP contribution is -2.41. The van der Waals surface area contributed by atoms with Gasteiger partial charge in [-0.15, -0.1) is 0 Å². The summed E-state index contributed by atoms with van der Waals surface area (Å²) in [5.41, 5.74) is 3.21. The van der Waals surface area contributed by atoms with E-state index in [0.29, 0.717) is 45.5 Å². The van der Waals surface area contributed by atoms with Crippen molar-refractivity contribution in [1.29, 1.82) is 0 Å². The van der Waals surface area contributed by atoms with Crippen LogP contribution in [-0.2, 0) is 9.59 Å². The second-order valence-electron chi connectivity index (χ2n) is 9.75. The second-order valence-corrected chi connectivity index (χ2v) is 10.6. The third kappa shape index (κ3) is 4.24. The molecule has 1 atom stereocenters. The molecule has 0 saturated carbocycles. The number of anilines is 2. The number of para-hydroxylation sites is 2. The first kappa shape index (κ1) is 23.7. The lowest BCUT2D eigenvalue weighted by molar-refractivity contribution is -0.122. The smallest absolute Gasteiger partial charge is 0.230 e. The van der Waals surface area contributed by atoms with Gasteiger partial charge in [0.25, 0.3) is 0 Å². The summed E-state index contributed by atoms with van der Waals surface area (Å²) in [5.74, 6) is -0.0278. The van der Waals surface area contributed by atoms with E-state index in [1.807, 2.05) is 38.1 Å². The van der Waals surface area contributed by atoms with E-state index >= 15 is 0 Å². The molecule has 2 aliphatic rings. The van der Waals surface area contributed by atoms with Crippen LogP contribution < -0.4 is 15.0 Å². The predicted octanol–water partition coefficient (Wildman–Crippen LogP) is 6.80. The average Bonchev–Trinajstić information content (AvgIpc) is 2.85. The van der Waals surface area contributed by atoms with Gasteiger partial charge in [-0.25, -0.2) is 0 Å². The van der Waals surface area contributed by atoms with Crippen LogP contribution in [0.25, 0.3) is 0 Å². The van der Waals surface area contributed by atoms with Gasteiger partial charge in [-0.2, -0.15) is 0 Å². The predicted molar refractivity (Wildman–Crippen MR) is 133 cm³/mol. The molecule has 1 aliphatic heterocycles. The molecule has 4 rings (SSSR count). The molecule has 5 nitrogen and oxygen atoms in total. The lowest BCUT2D eigenvalue weighted by atomic mass is 9.73. The van der Waals surface area contributed by atoms with Crippen molar-refractivity contribution in [3.63, 3.8) is 0 Å². The molecule has 1 aliphatic carbocycles. The van der Waals surface area contributed by atoms with Gasteiger partial charge in [0.05, 0.1) is 29.5 Å². The molecular formula is C26H28Cl2N2O3. The largest absolute Gasteiger partial charge is 0.495 e. The van der Waals surface area contributed by atoms with Crippen molar-refractivity contribution in [1.82, 2.24) is 0 Å². The molecule has 1 N–H and O–H groups in total. The molecule has 0 aromatic heterocycles. The maximum Gasteiger partial charge on any atom is 0.230 e. The van der Waals surface area contributed by atoms with Crippen LogP contribution in [0.5, 0.6) is 5.75 Å². The number of halogens is 2. The minimum absolute atomic E-state index is 0.00809. The molecule has 0 bridgehead atoms. The standard InChI is InChI=1S/C26H28Cl2N2O3/c1-14(2)25(32)30-20-9-7-6-8-18(20)29-19-12-26(3,4)13-21(31)22(19)23(30)16-10-15(27)11-17(28)24(16)33-5/h6-11,14,23,29H,12-13H2,1-5H3/t23-/m0/s1. The summed E-state index contributed by atoms with van der Waals surface area (Å²) in [4.78, 5) is 29.1. The summed E-state index contributed by atoms with van der Waals surface area (Å²) in [7, 11) is 1.53. The first-order valence-corrected chi connectivity index (χ1v) is 11.8. The van der Waals surface area contributed by atoms with Gasteiger partial charge >= 0.3 is 0 Å². The minimum atomic E-state index is -0.735. The number of amides is 1. The van der Waals surface area contributed by atoms with Gasteiger partial charge < -0.3 is 10.1 Å². The molecular weight excluding hydrogens is 459 g/mol. The molecule has 0 unspecified atom stereocenters. The van der Waals surface area contributed by atoms with Crippen molar-refractivity contribution in [2.75, 3.05) is 17.3 Å². The fraction of sp³-hybridized carbons (Fsp3) is 0.385. The van der Waals surface area contributed by atoms with Crippen molar-refractivity contribution in [3.05, 3.63) is 63.3 Å². The number of benzene rings is 2. The summed E-state index contributed by atoms with van der Waals surface area (Å²) in [6.45, 7) is 7.86. The summed E-state index contributed by atoms with van der Waals surface area (Å²) in [5, 5.41) is 4.23. The van der Waals surface area contributed by atoms with Crippen LogP contribution in [0, 0.1) is 11.3 Å². The number of ether oxygens (including phenoxy) is 1.